The third-order valence-electron chi connectivity index (χ3n) is 2.39. The first kappa shape index (κ1) is 12.6. The Bertz CT molecular complexity index is 143. The van der Waals surface area contributed by atoms with E-state index in [-0.39, 0.29) is 0 Å². The molecule has 0 bridgehead atoms. The summed E-state index contributed by atoms with van der Waals surface area (Å²) in [7, 11) is 4.11. The van der Waals surface area contributed by atoms with E-state index in [1.807, 2.05) is 0 Å². The molecule has 1 unspecified atom stereocenters. The third-order valence-corrected chi connectivity index (χ3v) is 2.39. The number of carbonyl (C=O) groups is 1. The first-order valence-electron chi connectivity index (χ1n) is 5.23. The molecule has 0 radical (unpaired) electrons. The molecule has 0 aliphatic heterocycles. The molecule has 0 aromatic rings. The van der Waals surface area contributed by atoms with E-state index in [0.29, 0.717) is 18.2 Å². The van der Waals surface area contributed by atoms with Crippen LogP contribution >= 0.6 is 0 Å². The van der Waals surface area contributed by atoms with Crippen molar-refractivity contribution < 1.29 is 4.79 Å². The van der Waals surface area contributed by atoms with Crippen LogP contribution in [-0.2, 0) is 4.79 Å². The minimum atomic E-state index is 0.301. The zero-order valence-corrected chi connectivity index (χ0v) is 9.47. The van der Waals surface area contributed by atoms with E-state index in [1.165, 1.54) is 19.3 Å². The molecule has 78 valence electrons. The normalized spacial score (nSPS) is 13.3. The molecule has 0 saturated carbocycles. The summed E-state index contributed by atoms with van der Waals surface area (Å²) in [5, 5.41) is 0. The highest BCUT2D eigenvalue weighted by Gasteiger charge is 2.12. The molecule has 0 fully saturated rings. The van der Waals surface area contributed by atoms with Gasteiger partial charge >= 0.3 is 0 Å². The van der Waals surface area contributed by atoms with Crippen LogP contribution in [0.2, 0.25) is 0 Å². The van der Waals surface area contributed by atoms with Crippen molar-refractivity contribution in [1.82, 2.24) is 4.90 Å². The average molecular weight is 185 g/mol. The molecule has 0 aromatic heterocycles. The molecule has 0 aromatic carbocycles. The van der Waals surface area contributed by atoms with Crippen LogP contribution in [0.5, 0.6) is 0 Å². The van der Waals surface area contributed by atoms with Gasteiger partial charge in [-0.15, -0.1) is 0 Å². The number of rotatable bonds is 7. The Labute approximate surface area is 82.3 Å². The quantitative estimate of drug-likeness (QED) is 0.568. The molecule has 2 nitrogen and oxygen atoms in total. The third kappa shape index (κ3) is 6.76. The number of unbranched alkanes of at least 4 members (excludes halogenated alkanes) is 2. The SMILES string of the molecule is CCCCCC(CC(C)=O)N(C)C. The molecular weight excluding hydrogens is 162 g/mol. The van der Waals surface area contributed by atoms with Crippen LogP contribution in [0.15, 0.2) is 0 Å². The van der Waals surface area contributed by atoms with Crippen molar-refractivity contribution in [2.45, 2.75) is 52.0 Å². The highest BCUT2D eigenvalue weighted by molar-refractivity contribution is 5.76. The molecule has 2 heteroatoms. The van der Waals surface area contributed by atoms with Crippen molar-refractivity contribution in [2.75, 3.05) is 14.1 Å². The van der Waals surface area contributed by atoms with Crippen molar-refractivity contribution in [3.8, 4) is 0 Å². The summed E-state index contributed by atoms with van der Waals surface area (Å²) in [6.07, 6.45) is 5.63. The Kier molecular flexibility index (Phi) is 6.87. The Hall–Kier alpha value is -0.370. The van der Waals surface area contributed by atoms with Gasteiger partial charge < -0.3 is 4.90 Å². The summed E-state index contributed by atoms with van der Waals surface area (Å²) >= 11 is 0. The maximum Gasteiger partial charge on any atom is 0.131 e. The Morgan fingerprint density at radius 2 is 1.92 bits per heavy atom. The predicted octanol–water partition coefficient (Wildman–Crippen LogP) is 2.48. The van der Waals surface area contributed by atoms with Crippen molar-refractivity contribution in [2.24, 2.45) is 0 Å². The summed E-state index contributed by atoms with van der Waals surface area (Å²) in [5.74, 6) is 0.301. The van der Waals surface area contributed by atoms with Crippen molar-refractivity contribution in [3.63, 3.8) is 0 Å². The van der Waals surface area contributed by atoms with Crippen LogP contribution in [0.3, 0.4) is 0 Å². The lowest BCUT2D eigenvalue weighted by molar-refractivity contribution is -0.118. The van der Waals surface area contributed by atoms with Gasteiger partial charge in [-0.1, -0.05) is 26.2 Å². The largest absolute Gasteiger partial charge is 0.306 e. The lowest BCUT2D eigenvalue weighted by Crippen LogP contribution is -2.29. The fraction of sp³-hybridized carbons (Fsp3) is 0.909. The fourth-order valence-electron chi connectivity index (χ4n) is 1.50. The Morgan fingerprint density at radius 3 is 2.31 bits per heavy atom. The van der Waals surface area contributed by atoms with Gasteiger partial charge in [0, 0.05) is 12.5 Å². The number of Topliss-reactive ketones (excluding diaryl/α,β-unsaturated/α-hetero) is 1. The van der Waals surface area contributed by atoms with Crippen molar-refractivity contribution in [3.05, 3.63) is 0 Å². The van der Waals surface area contributed by atoms with Gasteiger partial charge in [-0.3, -0.25) is 4.79 Å². The highest BCUT2D eigenvalue weighted by Crippen LogP contribution is 2.11. The van der Waals surface area contributed by atoms with E-state index in [0.717, 1.165) is 6.42 Å². The maximum atomic E-state index is 11.0. The molecule has 0 heterocycles. The van der Waals surface area contributed by atoms with Crippen LogP contribution in [0, 0.1) is 0 Å². The number of ketones is 1. The summed E-state index contributed by atoms with van der Waals surface area (Å²) < 4.78 is 0. The van der Waals surface area contributed by atoms with E-state index in [4.69, 9.17) is 0 Å². The predicted molar refractivity (Wildman–Crippen MR) is 56.9 cm³/mol. The van der Waals surface area contributed by atoms with Gasteiger partial charge in [0.1, 0.15) is 5.78 Å². The minimum absolute atomic E-state index is 0.301. The van der Waals surface area contributed by atoms with Gasteiger partial charge in [0.2, 0.25) is 0 Å². The lowest BCUT2D eigenvalue weighted by Gasteiger charge is -2.23. The number of hydrogen-bond donors (Lipinski definition) is 0. The summed E-state index contributed by atoms with van der Waals surface area (Å²) in [6, 6.07) is 0.448. The van der Waals surface area contributed by atoms with E-state index in [9.17, 15) is 4.79 Å². The number of nitrogens with zero attached hydrogens (tertiary/aromatic N) is 1. The van der Waals surface area contributed by atoms with Crippen molar-refractivity contribution >= 4 is 5.78 Å². The van der Waals surface area contributed by atoms with Gasteiger partial charge in [-0.05, 0) is 27.4 Å². The van der Waals surface area contributed by atoms with E-state index in [1.54, 1.807) is 6.92 Å². The van der Waals surface area contributed by atoms with Gasteiger partial charge in [0.05, 0.1) is 0 Å². The van der Waals surface area contributed by atoms with E-state index in [2.05, 4.69) is 25.9 Å². The summed E-state index contributed by atoms with van der Waals surface area (Å²) in [4.78, 5) is 13.1. The first-order valence-corrected chi connectivity index (χ1v) is 5.23. The second kappa shape index (κ2) is 7.07. The molecule has 1 atom stereocenters. The Balaban J connectivity index is 3.74. The monoisotopic (exact) mass is 185 g/mol. The topological polar surface area (TPSA) is 20.3 Å². The zero-order valence-electron chi connectivity index (χ0n) is 9.47. The smallest absolute Gasteiger partial charge is 0.131 e. The molecule has 0 N–H and O–H groups in total. The van der Waals surface area contributed by atoms with Gasteiger partial charge in [0.25, 0.3) is 0 Å². The van der Waals surface area contributed by atoms with E-state index >= 15 is 0 Å². The molecule has 13 heavy (non-hydrogen) atoms. The van der Waals surface area contributed by atoms with Crippen LogP contribution in [0.1, 0.15) is 46.0 Å². The molecule has 0 amide bonds. The van der Waals surface area contributed by atoms with Crippen LogP contribution in [-0.4, -0.2) is 30.8 Å². The number of hydrogen-bond acceptors (Lipinski definition) is 2. The second-order valence-corrected chi connectivity index (χ2v) is 4.02. The molecule has 0 rings (SSSR count). The molecule has 0 aliphatic rings. The highest BCUT2D eigenvalue weighted by atomic mass is 16.1. The molecule has 0 saturated heterocycles. The van der Waals surface area contributed by atoms with Gasteiger partial charge in [-0.25, -0.2) is 0 Å². The van der Waals surface area contributed by atoms with Crippen LogP contribution in [0.25, 0.3) is 0 Å². The zero-order chi connectivity index (χ0) is 10.3. The Morgan fingerprint density at radius 1 is 1.31 bits per heavy atom. The molecule has 0 aliphatic carbocycles. The standard InChI is InChI=1S/C11H23NO/c1-5-6-7-8-11(12(3)4)9-10(2)13/h11H,5-9H2,1-4H3. The van der Waals surface area contributed by atoms with Crippen LogP contribution < -0.4 is 0 Å². The second-order valence-electron chi connectivity index (χ2n) is 4.02. The maximum absolute atomic E-state index is 11.0. The minimum Gasteiger partial charge on any atom is -0.306 e. The molecule has 0 spiro atoms. The lowest BCUT2D eigenvalue weighted by atomic mass is 10.0. The first-order chi connectivity index (χ1) is 6.07. The number of carbonyl (C=O) groups excluding carboxylic acids is 1. The van der Waals surface area contributed by atoms with E-state index < -0.39 is 0 Å². The van der Waals surface area contributed by atoms with Crippen LogP contribution in [0.4, 0.5) is 0 Å². The van der Waals surface area contributed by atoms with Gasteiger partial charge in [-0.2, -0.15) is 0 Å². The fourth-order valence-corrected chi connectivity index (χ4v) is 1.50. The molecular formula is C11H23NO. The average Bonchev–Trinajstić information content (AvgIpc) is 2.02. The summed E-state index contributed by atoms with van der Waals surface area (Å²) in [6.45, 7) is 3.88. The van der Waals surface area contributed by atoms with Gasteiger partial charge in [0.15, 0.2) is 0 Å². The summed E-state index contributed by atoms with van der Waals surface area (Å²) in [5.41, 5.74) is 0. The van der Waals surface area contributed by atoms with Crippen molar-refractivity contribution in [1.29, 1.82) is 0 Å².